The Morgan fingerprint density at radius 3 is 2.57 bits per heavy atom. The lowest BCUT2D eigenvalue weighted by Crippen LogP contribution is -2.14. The quantitative estimate of drug-likeness (QED) is 0.526. The number of anilines is 1. The van der Waals surface area contributed by atoms with Crippen molar-refractivity contribution in [2.24, 2.45) is 0 Å². The summed E-state index contributed by atoms with van der Waals surface area (Å²) in [6.45, 7) is 4.42. The lowest BCUT2D eigenvalue weighted by molar-refractivity contribution is -0.113. The van der Waals surface area contributed by atoms with Crippen molar-refractivity contribution in [1.29, 1.82) is 0 Å². The van der Waals surface area contributed by atoms with Gasteiger partial charge >= 0.3 is 0 Å². The molecule has 0 atom stereocenters. The van der Waals surface area contributed by atoms with Crippen molar-refractivity contribution >= 4 is 46.6 Å². The average Bonchev–Trinajstić information content (AvgIpc) is 3.04. The van der Waals surface area contributed by atoms with Gasteiger partial charge in [0.25, 0.3) is 0 Å². The van der Waals surface area contributed by atoms with Crippen molar-refractivity contribution < 1.29 is 9.53 Å². The van der Waals surface area contributed by atoms with E-state index in [1.54, 1.807) is 18.2 Å². The van der Waals surface area contributed by atoms with Crippen molar-refractivity contribution in [3.05, 3.63) is 58.3 Å². The molecule has 1 N–H and O–H groups in total. The van der Waals surface area contributed by atoms with Gasteiger partial charge in [-0.1, -0.05) is 35.0 Å². The van der Waals surface area contributed by atoms with E-state index in [9.17, 15) is 4.79 Å². The van der Waals surface area contributed by atoms with Crippen LogP contribution in [0.4, 0.5) is 5.69 Å². The van der Waals surface area contributed by atoms with E-state index in [0.717, 1.165) is 17.3 Å². The highest BCUT2D eigenvalue weighted by atomic mass is 35.5. The summed E-state index contributed by atoms with van der Waals surface area (Å²) >= 11 is 13.2. The van der Waals surface area contributed by atoms with Crippen LogP contribution in [0, 0.1) is 6.92 Å². The van der Waals surface area contributed by atoms with E-state index < -0.39 is 0 Å². The molecule has 0 fully saturated rings. The second-order valence-corrected chi connectivity index (χ2v) is 7.51. The molecule has 0 spiro atoms. The minimum absolute atomic E-state index is 0.176. The van der Waals surface area contributed by atoms with Crippen molar-refractivity contribution in [2.75, 3.05) is 17.7 Å². The first-order valence-corrected chi connectivity index (χ1v) is 10.2. The molecule has 146 valence electrons. The van der Waals surface area contributed by atoms with E-state index >= 15 is 0 Å². The van der Waals surface area contributed by atoms with Gasteiger partial charge in [0.1, 0.15) is 11.6 Å². The number of hydrogen-bond donors (Lipinski definition) is 1. The van der Waals surface area contributed by atoms with Crippen LogP contribution in [0.2, 0.25) is 10.0 Å². The lowest BCUT2D eigenvalue weighted by atomic mass is 10.3. The number of benzene rings is 2. The van der Waals surface area contributed by atoms with Crippen LogP contribution in [-0.2, 0) is 4.79 Å². The number of carbonyl (C=O) groups excluding carboxylic acids is 1. The molecule has 1 aromatic heterocycles. The Morgan fingerprint density at radius 2 is 1.89 bits per heavy atom. The number of nitrogens with zero attached hydrogens (tertiary/aromatic N) is 3. The number of aryl methyl sites for hydroxylation is 1. The first kappa shape index (κ1) is 20.5. The number of hydrogen-bond acceptors (Lipinski definition) is 5. The molecule has 6 nitrogen and oxygen atoms in total. The smallest absolute Gasteiger partial charge is 0.234 e. The van der Waals surface area contributed by atoms with Crippen LogP contribution in [0.1, 0.15) is 12.7 Å². The van der Waals surface area contributed by atoms with Crippen LogP contribution in [0.3, 0.4) is 0 Å². The van der Waals surface area contributed by atoms with E-state index in [-0.39, 0.29) is 11.7 Å². The Labute approximate surface area is 177 Å². The summed E-state index contributed by atoms with van der Waals surface area (Å²) in [7, 11) is 0. The second-order valence-electron chi connectivity index (χ2n) is 5.76. The third kappa shape index (κ3) is 4.98. The number of nitrogens with one attached hydrogen (secondary N) is 1. The topological polar surface area (TPSA) is 69.0 Å². The fourth-order valence-electron chi connectivity index (χ4n) is 2.49. The van der Waals surface area contributed by atoms with E-state index in [1.807, 2.05) is 42.7 Å². The molecule has 1 amide bonds. The third-order valence-corrected chi connectivity index (χ3v) is 5.40. The van der Waals surface area contributed by atoms with Gasteiger partial charge in [0, 0.05) is 11.4 Å². The summed E-state index contributed by atoms with van der Waals surface area (Å²) in [5.74, 6) is 1.53. The van der Waals surface area contributed by atoms with Crippen molar-refractivity contribution in [2.45, 2.75) is 19.0 Å². The zero-order valence-corrected chi connectivity index (χ0v) is 17.6. The number of rotatable bonds is 7. The molecule has 1 heterocycles. The summed E-state index contributed by atoms with van der Waals surface area (Å²) in [4.78, 5) is 12.3. The highest BCUT2D eigenvalue weighted by molar-refractivity contribution is 7.99. The van der Waals surface area contributed by atoms with Crippen LogP contribution in [-0.4, -0.2) is 33.0 Å². The summed E-state index contributed by atoms with van der Waals surface area (Å²) in [6.07, 6.45) is 0. The van der Waals surface area contributed by atoms with Crippen LogP contribution in [0.25, 0.3) is 5.69 Å². The number of aromatic nitrogens is 3. The molecule has 3 aromatic rings. The van der Waals surface area contributed by atoms with Gasteiger partial charge in [0.2, 0.25) is 5.91 Å². The Morgan fingerprint density at radius 1 is 1.14 bits per heavy atom. The number of ether oxygens (including phenoxy) is 1. The van der Waals surface area contributed by atoms with Crippen molar-refractivity contribution in [3.8, 4) is 11.4 Å². The molecule has 2 aromatic carbocycles. The zero-order valence-electron chi connectivity index (χ0n) is 15.3. The van der Waals surface area contributed by atoms with Crippen molar-refractivity contribution in [1.82, 2.24) is 14.8 Å². The maximum Gasteiger partial charge on any atom is 0.234 e. The van der Waals surface area contributed by atoms with E-state index in [2.05, 4.69) is 15.5 Å². The fourth-order valence-corrected chi connectivity index (χ4v) is 3.59. The molecule has 0 bridgehead atoms. The van der Waals surface area contributed by atoms with Gasteiger partial charge in [-0.2, -0.15) is 0 Å². The predicted molar refractivity (Wildman–Crippen MR) is 113 cm³/mol. The molecule has 0 aliphatic heterocycles. The monoisotopic (exact) mass is 436 g/mol. The van der Waals surface area contributed by atoms with Gasteiger partial charge in [-0.3, -0.25) is 9.36 Å². The first-order valence-electron chi connectivity index (χ1n) is 8.51. The van der Waals surface area contributed by atoms with Crippen LogP contribution < -0.4 is 10.1 Å². The largest absolute Gasteiger partial charge is 0.494 e. The molecule has 0 saturated heterocycles. The minimum Gasteiger partial charge on any atom is -0.494 e. The highest BCUT2D eigenvalue weighted by Crippen LogP contribution is 2.26. The number of halogens is 2. The molecule has 0 unspecified atom stereocenters. The van der Waals surface area contributed by atoms with Gasteiger partial charge in [0.05, 0.1) is 22.4 Å². The SMILES string of the molecule is CCOc1ccc(-n2c(C)nnc2SCC(=O)Nc2ccc(Cl)c(Cl)c2)cc1. The van der Waals surface area contributed by atoms with Gasteiger partial charge in [-0.15, -0.1) is 10.2 Å². The molecule has 3 rings (SSSR count). The minimum atomic E-state index is -0.178. The molecular weight excluding hydrogens is 419 g/mol. The summed E-state index contributed by atoms with van der Waals surface area (Å²) < 4.78 is 7.37. The highest BCUT2D eigenvalue weighted by Gasteiger charge is 2.14. The first-order chi connectivity index (χ1) is 13.5. The van der Waals surface area contributed by atoms with E-state index in [0.29, 0.717) is 27.5 Å². The van der Waals surface area contributed by atoms with Gasteiger partial charge in [-0.25, -0.2) is 0 Å². The number of carbonyl (C=O) groups is 1. The molecule has 28 heavy (non-hydrogen) atoms. The molecule has 0 aliphatic carbocycles. The molecule has 0 aliphatic rings. The number of thioether (sulfide) groups is 1. The standard InChI is InChI=1S/C19H18Cl2N4O2S/c1-3-27-15-7-5-14(6-8-15)25-12(2)23-24-19(25)28-11-18(26)22-13-4-9-16(20)17(21)10-13/h4-10H,3,11H2,1-2H3,(H,22,26). The van der Waals surface area contributed by atoms with Crippen LogP contribution in [0.15, 0.2) is 47.6 Å². The molecule has 0 saturated carbocycles. The Hall–Kier alpha value is -2.22. The Balaban J connectivity index is 1.68. The fraction of sp³-hybridized carbons (Fsp3) is 0.211. The average molecular weight is 437 g/mol. The maximum atomic E-state index is 12.3. The molecule has 9 heteroatoms. The predicted octanol–water partition coefficient (Wildman–Crippen LogP) is 5.01. The second kappa shape index (κ2) is 9.32. The summed E-state index contributed by atoms with van der Waals surface area (Å²) in [6, 6.07) is 12.6. The summed E-state index contributed by atoms with van der Waals surface area (Å²) in [5, 5.41) is 12.6. The normalized spacial score (nSPS) is 10.7. The zero-order chi connectivity index (χ0) is 20.1. The molecule has 0 radical (unpaired) electrons. The number of amides is 1. The Kier molecular flexibility index (Phi) is 6.83. The maximum absolute atomic E-state index is 12.3. The van der Waals surface area contributed by atoms with Crippen molar-refractivity contribution in [3.63, 3.8) is 0 Å². The van der Waals surface area contributed by atoms with Gasteiger partial charge in [0.15, 0.2) is 5.16 Å². The molecular formula is C19H18Cl2N4O2S. The third-order valence-electron chi connectivity index (χ3n) is 3.74. The lowest BCUT2D eigenvalue weighted by Gasteiger charge is -2.10. The van der Waals surface area contributed by atoms with Gasteiger partial charge < -0.3 is 10.1 Å². The Bertz CT molecular complexity index is 977. The van der Waals surface area contributed by atoms with Crippen LogP contribution >= 0.6 is 35.0 Å². The summed E-state index contributed by atoms with van der Waals surface area (Å²) in [5.41, 5.74) is 1.49. The van der Waals surface area contributed by atoms with E-state index in [4.69, 9.17) is 27.9 Å². The van der Waals surface area contributed by atoms with E-state index in [1.165, 1.54) is 11.8 Å². The van der Waals surface area contributed by atoms with Crippen LogP contribution in [0.5, 0.6) is 5.75 Å². The van der Waals surface area contributed by atoms with Gasteiger partial charge in [-0.05, 0) is 56.3 Å².